The van der Waals surface area contributed by atoms with Gasteiger partial charge in [-0.15, -0.1) is 0 Å². The maximum atomic E-state index is 12.6. The Hall–Kier alpha value is -1.15. The van der Waals surface area contributed by atoms with Gasteiger partial charge in [0.1, 0.15) is 0 Å². The van der Waals surface area contributed by atoms with Crippen LogP contribution in [-0.2, 0) is 4.74 Å². The summed E-state index contributed by atoms with van der Waals surface area (Å²) in [6.45, 7) is 0.264. The van der Waals surface area contributed by atoms with Crippen molar-refractivity contribution in [2.24, 2.45) is 11.7 Å². The van der Waals surface area contributed by atoms with Crippen molar-refractivity contribution in [3.05, 3.63) is 11.7 Å². The van der Waals surface area contributed by atoms with Crippen LogP contribution >= 0.6 is 0 Å². The van der Waals surface area contributed by atoms with Crippen LogP contribution in [-0.4, -0.2) is 30.0 Å². The van der Waals surface area contributed by atoms with Crippen LogP contribution in [0.25, 0.3) is 0 Å². The van der Waals surface area contributed by atoms with Gasteiger partial charge in [0.2, 0.25) is 5.89 Å². The molecule has 1 heterocycles. The van der Waals surface area contributed by atoms with E-state index in [-0.39, 0.29) is 25.4 Å². The fraction of sp³-hybridized carbons (Fsp3) is 0.833. The van der Waals surface area contributed by atoms with E-state index in [4.69, 9.17) is 15.0 Å². The Kier molecular flexibility index (Phi) is 4.64. The Morgan fingerprint density at radius 3 is 2.55 bits per heavy atom. The molecule has 1 aromatic heterocycles. The minimum absolute atomic E-state index is 0.107. The van der Waals surface area contributed by atoms with E-state index in [1.807, 2.05) is 0 Å². The average molecular weight is 293 g/mol. The lowest BCUT2D eigenvalue weighted by atomic mass is 9.81. The Labute approximate surface area is 114 Å². The van der Waals surface area contributed by atoms with Crippen molar-refractivity contribution < 1.29 is 22.4 Å². The standard InChI is InChI=1S/C12H18F3N3O2/c1-19-6-9(16)10-17-11(20-18-10)7-2-4-8(5-3-7)12(13,14)15/h7-9H,2-6,16H2,1H3. The quantitative estimate of drug-likeness (QED) is 0.923. The molecule has 1 unspecified atom stereocenters. The summed E-state index contributed by atoms with van der Waals surface area (Å²) in [6.07, 6.45) is -3.07. The molecule has 1 aromatic rings. The molecule has 2 rings (SSSR count). The molecular formula is C12H18F3N3O2. The Bertz CT molecular complexity index is 428. The number of aromatic nitrogens is 2. The molecule has 1 aliphatic carbocycles. The highest BCUT2D eigenvalue weighted by Gasteiger charge is 2.42. The SMILES string of the molecule is COCC(N)c1noc(C2CCC(C(F)(F)F)CC2)n1. The van der Waals surface area contributed by atoms with Crippen molar-refractivity contribution in [1.29, 1.82) is 0 Å². The van der Waals surface area contributed by atoms with Crippen molar-refractivity contribution in [2.45, 2.75) is 43.8 Å². The smallest absolute Gasteiger partial charge is 0.383 e. The molecule has 1 atom stereocenters. The van der Waals surface area contributed by atoms with Gasteiger partial charge in [-0.25, -0.2) is 0 Å². The largest absolute Gasteiger partial charge is 0.391 e. The second kappa shape index (κ2) is 6.09. The Balaban J connectivity index is 1.94. The zero-order valence-electron chi connectivity index (χ0n) is 11.2. The molecule has 0 bridgehead atoms. The van der Waals surface area contributed by atoms with Crippen LogP contribution in [0, 0.1) is 5.92 Å². The molecule has 20 heavy (non-hydrogen) atoms. The van der Waals surface area contributed by atoms with Crippen LogP contribution < -0.4 is 5.73 Å². The van der Waals surface area contributed by atoms with E-state index in [1.54, 1.807) is 0 Å². The first-order valence-electron chi connectivity index (χ1n) is 6.56. The van der Waals surface area contributed by atoms with Crippen LogP contribution in [0.15, 0.2) is 4.52 Å². The number of nitrogens with two attached hydrogens (primary N) is 1. The molecule has 8 heteroatoms. The van der Waals surface area contributed by atoms with E-state index in [0.29, 0.717) is 24.6 Å². The first-order valence-corrected chi connectivity index (χ1v) is 6.56. The first kappa shape index (κ1) is 15.2. The van der Waals surface area contributed by atoms with E-state index in [2.05, 4.69) is 10.1 Å². The summed E-state index contributed by atoms with van der Waals surface area (Å²) in [7, 11) is 1.51. The first-order chi connectivity index (χ1) is 9.41. The molecule has 0 saturated heterocycles. The number of halogens is 3. The fourth-order valence-electron chi connectivity index (χ4n) is 2.49. The molecule has 1 saturated carbocycles. The van der Waals surface area contributed by atoms with E-state index in [9.17, 15) is 13.2 Å². The van der Waals surface area contributed by atoms with Crippen LogP contribution in [0.2, 0.25) is 0 Å². The summed E-state index contributed by atoms with van der Waals surface area (Å²) in [5.41, 5.74) is 5.77. The van der Waals surface area contributed by atoms with Gasteiger partial charge in [-0.05, 0) is 25.7 Å². The van der Waals surface area contributed by atoms with Crippen molar-refractivity contribution in [1.82, 2.24) is 10.1 Å². The molecule has 0 spiro atoms. The fourth-order valence-corrected chi connectivity index (χ4v) is 2.49. The van der Waals surface area contributed by atoms with Crippen LogP contribution in [0.1, 0.15) is 49.4 Å². The van der Waals surface area contributed by atoms with Gasteiger partial charge < -0.3 is 15.0 Å². The van der Waals surface area contributed by atoms with E-state index < -0.39 is 18.1 Å². The lowest BCUT2D eigenvalue weighted by Crippen LogP contribution is -2.27. The van der Waals surface area contributed by atoms with Crippen molar-refractivity contribution in [2.75, 3.05) is 13.7 Å². The van der Waals surface area contributed by atoms with E-state index in [0.717, 1.165) is 0 Å². The van der Waals surface area contributed by atoms with Gasteiger partial charge in [-0.3, -0.25) is 0 Å². The second-order valence-electron chi connectivity index (χ2n) is 5.14. The Morgan fingerprint density at radius 2 is 2.00 bits per heavy atom. The lowest BCUT2D eigenvalue weighted by molar-refractivity contribution is -0.182. The van der Waals surface area contributed by atoms with Crippen LogP contribution in [0.4, 0.5) is 13.2 Å². The monoisotopic (exact) mass is 293 g/mol. The maximum Gasteiger partial charge on any atom is 0.391 e. The van der Waals surface area contributed by atoms with Gasteiger partial charge in [0.05, 0.1) is 18.6 Å². The number of methoxy groups -OCH3 is 1. The highest BCUT2D eigenvalue weighted by Crippen LogP contribution is 2.42. The van der Waals surface area contributed by atoms with Crippen molar-refractivity contribution >= 4 is 0 Å². The summed E-state index contributed by atoms with van der Waals surface area (Å²) in [6, 6.07) is -0.482. The number of hydrogen-bond acceptors (Lipinski definition) is 5. The van der Waals surface area contributed by atoms with Gasteiger partial charge in [0, 0.05) is 13.0 Å². The second-order valence-corrected chi connectivity index (χ2v) is 5.14. The molecule has 2 N–H and O–H groups in total. The third kappa shape index (κ3) is 3.49. The third-order valence-corrected chi connectivity index (χ3v) is 3.67. The summed E-state index contributed by atoms with van der Waals surface area (Å²) < 4.78 is 47.8. The highest BCUT2D eigenvalue weighted by atomic mass is 19.4. The zero-order chi connectivity index (χ0) is 14.8. The van der Waals surface area contributed by atoms with Gasteiger partial charge in [0.25, 0.3) is 0 Å². The predicted molar refractivity (Wildman–Crippen MR) is 63.9 cm³/mol. The topological polar surface area (TPSA) is 74.2 Å². The van der Waals surface area contributed by atoms with Crippen molar-refractivity contribution in [3.63, 3.8) is 0 Å². The van der Waals surface area contributed by atoms with Crippen molar-refractivity contribution in [3.8, 4) is 0 Å². The van der Waals surface area contributed by atoms with Gasteiger partial charge in [-0.2, -0.15) is 18.2 Å². The molecule has 1 aliphatic rings. The molecule has 0 aromatic carbocycles. The molecule has 1 fully saturated rings. The zero-order valence-corrected chi connectivity index (χ0v) is 11.2. The summed E-state index contributed by atoms with van der Waals surface area (Å²) >= 11 is 0. The molecule has 114 valence electrons. The number of nitrogens with zero attached hydrogens (tertiary/aromatic N) is 2. The highest BCUT2D eigenvalue weighted by molar-refractivity contribution is 4.99. The molecule has 5 nitrogen and oxygen atoms in total. The predicted octanol–water partition coefficient (Wildman–Crippen LogP) is 2.55. The number of ether oxygens (including phenoxy) is 1. The average Bonchev–Trinajstić information content (AvgIpc) is 2.88. The molecule has 0 amide bonds. The minimum Gasteiger partial charge on any atom is -0.383 e. The number of rotatable bonds is 4. The van der Waals surface area contributed by atoms with Gasteiger partial charge in [-0.1, -0.05) is 5.16 Å². The minimum atomic E-state index is -4.11. The molecule has 0 aliphatic heterocycles. The lowest BCUT2D eigenvalue weighted by Gasteiger charge is -2.27. The van der Waals surface area contributed by atoms with E-state index in [1.165, 1.54) is 7.11 Å². The summed E-state index contributed by atoms with van der Waals surface area (Å²) in [4.78, 5) is 4.18. The summed E-state index contributed by atoms with van der Waals surface area (Å²) in [5, 5.41) is 3.76. The Morgan fingerprint density at radius 1 is 1.35 bits per heavy atom. The van der Waals surface area contributed by atoms with Crippen LogP contribution in [0.3, 0.4) is 0 Å². The number of hydrogen-bond donors (Lipinski definition) is 1. The van der Waals surface area contributed by atoms with Gasteiger partial charge >= 0.3 is 6.18 Å². The summed E-state index contributed by atoms with van der Waals surface area (Å²) in [5.74, 6) is -0.603. The van der Waals surface area contributed by atoms with Crippen LogP contribution in [0.5, 0.6) is 0 Å². The maximum absolute atomic E-state index is 12.6. The molecular weight excluding hydrogens is 275 g/mol. The van der Waals surface area contributed by atoms with Gasteiger partial charge in [0.15, 0.2) is 5.82 Å². The third-order valence-electron chi connectivity index (χ3n) is 3.67. The molecule has 0 radical (unpaired) electrons. The van der Waals surface area contributed by atoms with E-state index >= 15 is 0 Å². The normalized spacial score (nSPS) is 25.6. The number of alkyl halides is 3.